The first-order valence-corrected chi connectivity index (χ1v) is 4.35. The van der Waals surface area contributed by atoms with Crippen LogP contribution in [-0.4, -0.2) is 5.16 Å². The molecule has 0 fully saturated rings. The van der Waals surface area contributed by atoms with Crippen molar-refractivity contribution in [1.29, 1.82) is 0 Å². The molecule has 0 N–H and O–H groups in total. The van der Waals surface area contributed by atoms with E-state index in [-0.39, 0.29) is 7.92 Å². The van der Waals surface area contributed by atoms with E-state index < -0.39 is 0 Å². The molecular formula is C8H4NOPS. The average Bonchev–Trinajstić information content (AvgIpc) is 2.09. The van der Waals surface area contributed by atoms with E-state index >= 15 is 0 Å². The van der Waals surface area contributed by atoms with Crippen molar-refractivity contribution in [2.45, 2.75) is 0 Å². The fourth-order valence-corrected chi connectivity index (χ4v) is 1.08. The van der Waals surface area contributed by atoms with Gasteiger partial charge < -0.3 is 0 Å². The topological polar surface area (TPSA) is 29.4 Å². The monoisotopic (exact) mass is 193 g/mol. The van der Waals surface area contributed by atoms with Gasteiger partial charge in [-0.15, -0.1) is 0 Å². The van der Waals surface area contributed by atoms with Gasteiger partial charge in [0.05, 0.1) is 0 Å². The van der Waals surface area contributed by atoms with Crippen LogP contribution in [0.15, 0.2) is 29.3 Å². The summed E-state index contributed by atoms with van der Waals surface area (Å²) < 4.78 is 10.1. The normalized spacial score (nSPS) is 8.00. The van der Waals surface area contributed by atoms with Crippen LogP contribution in [0.5, 0.6) is 0 Å². The number of aliphatic imine (C=N–C) groups is 1. The summed E-state index contributed by atoms with van der Waals surface area (Å²) in [5.74, 6) is 0. The van der Waals surface area contributed by atoms with Gasteiger partial charge in [-0.1, -0.05) is 0 Å². The quantitative estimate of drug-likeness (QED) is 0.389. The molecule has 0 heterocycles. The Morgan fingerprint density at radius 1 is 1.33 bits per heavy atom. The number of hydrogen-bond donors (Lipinski definition) is 0. The molecule has 2 nitrogen and oxygen atoms in total. The van der Waals surface area contributed by atoms with Crippen LogP contribution in [0.1, 0.15) is 5.56 Å². The van der Waals surface area contributed by atoms with Crippen LogP contribution in [0.3, 0.4) is 0 Å². The molecule has 0 amide bonds. The Morgan fingerprint density at radius 3 is 2.50 bits per heavy atom. The van der Waals surface area contributed by atoms with E-state index in [2.05, 4.69) is 28.0 Å². The van der Waals surface area contributed by atoms with Crippen molar-refractivity contribution < 1.29 is 4.57 Å². The molecule has 1 rings (SSSR count). The van der Waals surface area contributed by atoms with E-state index in [1.165, 1.54) is 0 Å². The minimum atomic E-state index is -0.113. The van der Waals surface area contributed by atoms with Crippen molar-refractivity contribution in [3.8, 4) is 5.63 Å². The Bertz CT molecular complexity index is 414. The van der Waals surface area contributed by atoms with Crippen molar-refractivity contribution in [3.63, 3.8) is 0 Å². The first kappa shape index (κ1) is 9.12. The van der Waals surface area contributed by atoms with Gasteiger partial charge in [0.1, 0.15) is 0 Å². The molecule has 0 aliphatic carbocycles. The number of isothiocyanates is 1. The van der Waals surface area contributed by atoms with Crippen molar-refractivity contribution in [2.75, 3.05) is 0 Å². The van der Waals surface area contributed by atoms with Crippen LogP contribution in [0, 0.1) is 5.63 Å². The molecule has 58 valence electrons. The Labute approximate surface area is 76.5 Å². The van der Waals surface area contributed by atoms with Gasteiger partial charge in [0.15, 0.2) is 0 Å². The van der Waals surface area contributed by atoms with Gasteiger partial charge in [-0.2, -0.15) is 0 Å². The van der Waals surface area contributed by atoms with Gasteiger partial charge >= 0.3 is 76.0 Å². The minimum absolute atomic E-state index is 0.113. The number of nitrogens with zero attached hydrogens (tertiary/aromatic N) is 1. The molecule has 0 unspecified atom stereocenters. The van der Waals surface area contributed by atoms with E-state index in [4.69, 9.17) is 0 Å². The molecule has 0 radical (unpaired) electrons. The van der Waals surface area contributed by atoms with Crippen LogP contribution >= 0.6 is 20.1 Å². The van der Waals surface area contributed by atoms with Gasteiger partial charge in [-0.05, 0) is 0 Å². The summed E-state index contributed by atoms with van der Waals surface area (Å²) in [4.78, 5) is 3.76. The van der Waals surface area contributed by atoms with E-state index in [1.54, 1.807) is 24.3 Å². The molecule has 0 aliphatic rings. The Hall–Kier alpha value is -0.970. The number of rotatable bonds is 1. The molecule has 0 saturated heterocycles. The summed E-state index contributed by atoms with van der Waals surface area (Å²) in [6, 6.07) is 7.03. The molecule has 4 heteroatoms. The molecule has 0 aliphatic heterocycles. The zero-order chi connectivity index (χ0) is 8.81. The molecule has 1 aromatic rings. The third-order valence-electron chi connectivity index (χ3n) is 1.22. The number of benzene rings is 1. The van der Waals surface area contributed by atoms with E-state index in [9.17, 15) is 4.57 Å². The molecular weight excluding hydrogens is 189 g/mol. The molecule has 12 heavy (non-hydrogen) atoms. The molecule has 0 aromatic heterocycles. The Balaban J connectivity index is 3.05. The van der Waals surface area contributed by atoms with Crippen molar-refractivity contribution in [2.24, 2.45) is 4.99 Å². The summed E-state index contributed by atoms with van der Waals surface area (Å²) in [6.07, 6.45) is 0. The molecule has 0 saturated carbocycles. The second-order valence-corrected chi connectivity index (χ2v) is 2.54. The van der Waals surface area contributed by atoms with Crippen molar-refractivity contribution in [1.82, 2.24) is 0 Å². The first-order chi connectivity index (χ1) is 5.86. The van der Waals surface area contributed by atoms with Crippen LogP contribution in [0.25, 0.3) is 0 Å². The molecule has 0 bridgehead atoms. The molecule has 1 aromatic carbocycles. The van der Waals surface area contributed by atoms with Crippen molar-refractivity contribution in [3.05, 3.63) is 29.8 Å². The molecule has 0 atom stereocenters. The zero-order valence-corrected chi connectivity index (χ0v) is 7.73. The van der Waals surface area contributed by atoms with E-state index in [0.29, 0.717) is 0 Å². The summed E-state index contributed by atoms with van der Waals surface area (Å²) in [6.45, 7) is 0. The maximum atomic E-state index is 10.1. The van der Waals surface area contributed by atoms with Gasteiger partial charge in [0, 0.05) is 0 Å². The van der Waals surface area contributed by atoms with E-state index in [1.807, 2.05) is 0 Å². The van der Waals surface area contributed by atoms with Gasteiger partial charge in [-0.25, -0.2) is 0 Å². The summed E-state index contributed by atoms with van der Waals surface area (Å²) in [7, 11) is -0.113. The Morgan fingerprint density at radius 2 is 2.00 bits per heavy atom. The van der Waals surface area contributed by atoms with Gasteiger partial charge in [0.2, 0.25) is 0 Å². The van der Waals surface area contributed by atoms with Gasteiger partial charge in [0.25, 0.3) is 0 Å². The fraction of sp³-hybridized carbons (Fsp3) is 0. The first-order valence-electron chi connectivity index (χ1n) is 3.13. The van der Waals surface area contributed by atoms with Crippen LogP contribution < -0.4 is 0 Å². The maximum absolute atomic E-state index is 10.1. The third kappa shape index (κ3) is 2.58. The van der Waals surface area contributed by atoms with Crippen LogP contribution in [0.4, 0.5) is 5.69 Å². The zero-order valence-electron chi connectivity index (χ0n) is 6.02. The fourth-order valence-electron chi connectivity index (χ4n) is 0.716. The van der Waals surface area contributed by atoms with Crippen LogP contribution in [-0.2, 0) is 4.57 Å². The second kappa shape index (κ2) is 4.82. The van der Waals surface area contributed by atoms with Crippen molar-refractivity contribution >= 4 is 31.0 Å². The second-order valence-electron chi connectivity index (χ2n) is 1.95. The molecule has 0 spiro atoms. The standard InChI is InChI=1S/C8H4NOPS/c10-11-5-7-1-3-8(4-2-7)9-6-12/h1-4H. The average molecular weight is 193 g/mol. The van der Waals surface area contributed by atoms with Crippen LogP contribution in [0.2, 0.25) is 0 Å². The number of thiocarbonyl (C=S) groups is 1. The third-order valence-corrected chi connectivity index (χ3v) is 1.66. The summed E-state index contributed by atoms with van der Waals surface area (Å²) in [5, 5.41) is 2.26. The SMILES string of the molecule is O=P#Cc1ccc(N=C=S)cc1. The predicted octanol–water partition coefficient (Wildman–Crippen LogP) is 3.02. The van der Waals surface area contributed by atoms with Gasteiger partial charge in [-0.3, -0.25) is 0 Å². The Kier molecular flexibility index (Phi) is 3.66. The predicted molar refractivity (Wildman–Crippen MR) is 51.7 cm³/mol. The number of hydrogen-bond acceptors (Lipinski definition) is 3. The summed E-state index contributed by atoms with van der Waals surface area (Å²) in [5.41, 5.74) is 4.11. The summed E-state index contributed by atoms with van der Waals surface area (Å²) >= 11 is 4.43. The van der Waals surface area contributed by atoms with E-state index in [0.717, 1.165) is 11.3 Å².